The van der Waals surface area contributed by atoms with E-state index >= 15 is 0 Å². The number of aromatic nitrogens is 1. The number of hydrogen-bond acceptors (Lipinski definition) is 5. The molecule has 0 aliphatic carbocycles. The van der Waals surface area contributed by atoms with Crippen molar-refractivity contribution in [1.29, 1.82) is 0 Å². The fourth-order valence-electron chi connectivity index (χ4n) is 2.94. The second kappa shape index (κ2) is 9.89. The fourth-order valence-corrected chi connectivity index (χ4v) is 2.94. The normalized spacial score (nSPS) is 10.8. The van der Waals surface area contributed by atoms with Crippen molar-refractivity contribution in [1.82, 2.24) is 4.98 Å². The van der Waals surface area contributed by atoms with Gasteiger partial charge in [-0.25, -0.2) is 9.88 Å². The van der Waals surface area contributed by atoms with Gasteiger partial charge in [0, 0.05) is 17.3 Å². The van der Waals surface area contributed by atoms with Gasteiger partial charge in [0.15, 0.2) is 0 Å². The molecule has 1 aromatic heterocycles. The van der Waals surface area contributed by atoms with Gasteiger partial charge in [0.1, 0.15) is 17.3 Å². The molecule has 0 aliphatic heterocycles. The van der Waals surface area contributed by atoms with Gasteiger partial charge in [0.2, 0.25) is 0 Å². The second-order valence-corrected chi connectivity index (χ2v) is 7.52. The topological polar surface area (TPSA) is 68.7 Å². The van der Waals surface area contributed by atoms with E-state index in [9.17, 15) is 9.59 Å². The van der Waals surface area contributed by atoms with Crippen LogP contribution in [0.3, 0.4) is 0 Å². The minimum absolute atomic E-state index is 0.0239. The molecule has 0 spiro atoms. The lowest BCUT2D eigenvalue weighted by atomic mass is 10.1. The Kier molecular flexibility index (Phi) is 7.03. The Morgan fingerprint density at radius 1 is 0.710 bits per heavy atom. The molecule has 0 aliphatic rings. The van der Waals surface area contributed by atoms with Crippen LogP contribution in [0, 0.1) is 0 Å². The molecule has 6 nitrogen and oxygen atoms in total. The molecule has 0 radical (unpaired) electrons. The summed E-state index contributed by atoms with van der Waals surface area (Å²) >= 11 is 0. The van der Waals surface area contributed by atoms with Crippen molar-refractivity contribution in [2.24, 2.45) is 0 Å². The number of pyridine rings is 1. The van der Waals surface area contributed by atoms with E-state index in [-0.39, 0.29) is 18.0 Å². The first-order valence-corrected chi connectivity index (χ1v) is 10.2. The molecule has 0 atom stereocenters. The maximum atomic E-state index is 13.3. The van der Waals surface area contributed by atoms with Crippen molar-refractivity contribution in [3.05, 3.63) is 84.1 Å². The number of carbonyl (C=O) groups is 2. The van der Waals surface area contributed by atoms with E-state index in [1.165, 1.54) is 0 Å². The van der Waals surface area contributed by atoms with Crippen molar-refractivity contribution < 1.29 is 19.1 Å². The van der Waals surface area contributed by atoms with Crippen molar-refractivity contribution in [3.63, 3.8) is 0 Å². The maximum Gasteiger partial charge on any atom is 0.266 e. The first kappa shape index (κ1) is 22.0. The summed E-state index contributed by atoms with van der Waals surface area (Å²) in [5.41, 5.74) is 0.713. The van der Waals surface area contributed by atoms with E-state index in [2.05, 4.69) is 4.98 Å². The lowest BCUT2D eigenvalue weighted by Gasteiger charge is -2.20. The fraction of sp³-hybridized carbons (Fsp3) is 0.240. The van der Waals surface area contributed by atoms with E-state index in [4.69, 9.17) is 9.47 Å². The Labute approximate surface area is 182 Å². The Morgan fingerprint density at radius 2 is 1.16 bits per heavy atom. The van der Waals surface area contributed by atoms with E-state index in [0.29, 0.717) is 22.6 Å². The summed E-state index contributed by atoms with van der Waals surface area (Å²) in [6.07, 6.45) is 1.59. The van der Waals surface area contributed by atoms with E-state index in [1.807, 2.05) is 27.7 Å². The number of benzene rings is 2. The number of hydrogen-bond donors (Lipinski definition) is 0. The third-order valence-corrected chi connectivity index (χ3v) is 4.23. The van der Waals surface area contributed by atoms with Crippen LogP contribution >= 0.6 is 0 Å². The molecule has 3 aromatic rings. The molecule has 3 rings (SSSR count). The van der Waals surface area contributed by atoms with Crippen LogP contribution in [0.2, 0.25) is 0 Å². The van der Waals surface area contributed by atoms with Gasteiger partial charge < -0.3 is 9.47 Å². The number of rotatable bonds is 7. The molecule has 2 aromatic carbocycles. The predicted molar refractivity (Wildman–Crippen MR) is 120 cm³/mol. The SMILES string of the molecule is CC(C)Oc1ccc(C(=O)N(C(=O)c2ccc(OC(C)C)cc2)c2ccccn2)cc1. The highest BCUT2D eigenvalue weighted by Gasteiger charge is 2.27. The number of anilines is 1. The van der Waals surface area contributed by atoms with Crippen LogP contribution in [0.25, 0.3) is 0 Å². The Morgan fingerprint density at radius 3 is 1.52 bits per heavy atom. The highest BCUT2D eigenvalue weighted by Crippen LogP contribution is 2.22. The largest absolute Gasteiger partial charge is 0.491 e. The zero-order valence-electron chi connectivity index (χ0n) is 18.1. The Balaban J connectivity index is 1.91. The maximum absolute atomic E-state index is 13.3. The van der Waals surface area contributed by atoms with Crippen molar-refractivity contribution in [2.45, 2.75) is 39.9 Å². The lowest BCUT2D eigenvalue weighted by Crippen LogP contribution is -2.37. The van der Waals surface area contributed by atoms with Crippen molar-refractivity contribution in [2.75, 3.05) is 4.90 Å². The van der Waals surface area contributed by atoms with E-state index in [0.717, 1.165) is 4.90 Å². The predicted octanol–water partition coefficient (Wildman–Crippen LogP) is 5.14. The third-order valence-electron chi connectivity index (χ3n) is 4.23. The first-order valence-electron chi connectivity index (χ1n) is 10.2. The summed E-state index contributed by atoms with van der Waals surface area (Å²) in [5, 5.41) is 0. The third kappa shape index (κ3) is 5.69. The molecule has 1 heterocycles. The summed E-state index contributed by atoms with van der Waals surface area (Å²) in [4.78, 5) is 31.9. The lowest BCUT2D eigenvalue weighted by molar-refractivity contribution is 0.0896. The molecule has 0 unspecified atom stereocenters. The molecule has 0 N–H and O–H groups in total. The summed E-state index contributed by atoms with van der Waals surface area (Å²) in [6.45, 7) is 7.71. The van der Waals surface area contributed by atoms with Crippen LogP contribution in [0.5, 0.6) is 11.5 Å². The Hall–Kier alpha value is -3.67. The van der Waals surface area contributed by atoms with Gasteiger partial charge in [-0.3, -0.25) is 9.59 Å². The minimum Gasteiger partial charge on any atom is -0.491 e. The molecule has 6 heteroatoms. The summed E-state index contributed by atoms with van der Waals surface area (Å²) in [7, 11) is 0. The minimum atomic E-state index is -0.470. The van der Waals surface area contributed by atoms with Gasteiger partial charge in [-0.05, 0) is 88.4 Å². The van der Waals surface area contributed by atoms with Gasteiger partial charge >= 0.3 is 0 Å². The highest BCUT2D eigenvalue weighted by molar-refractivity contribution is 6.25. The highest BCUT2D eigenvalue weighted by atomic mass is 16.5. The first-order chi connectivity index (χ1) is 14.8. The zero-order chi connectivity index (χ0) is 22.4. The molecule has 2 amide bonds. The van der Waals surface area contributed by atoms with E-state index < -0.39 is 11.8 Å². The van der Waals surface area contributed by atoms with Gasteiger partial charge in [0.05, 0.1) is 12.2 Å². The molecule has 160 valence electrons. The molecule has 31 heavy (non-hydrogen) atoms. The van der Waals surface area contributed by atoms with Gasteiger partial charge in [-0.15, -0.1) is 0 Å². The summed E-state index contributed by atoms with van der Waals surface area (Å²) in [5.74, 6) is 0.623. The quantitative estimate of drug-likeness (QED) is 0.497. The monoisotopic (exact) mass is 418 g/mol. The van der Waals surface area contributed by atoms with Crippen LogP contribution in [-0.4, -0.2) is 29.0 Å². The van der Waals surface area contributed by atoms with Gasteiger partial charge in [0.25, 0.3) is 11.8 Å². The summed E-state index contributed by atoms with van der Waals surface area (Å²) < 4.78 is 11.3. The molecule has 0 saturated heterocycles. The standard InChI is InChI=1S/C25H26N2O4/c1-17(2)30-21-12-8-19(9-13-21)24(28)27(23-7-5-6-16-26-23)25(29)20-10-14-22(15-11-20)31-18(3)4/h5-18H,1-4H3. The molecular formula is C25H26N2O4. The average molecular weight is 418 g/mol. The number of imide groups is 1. The van der Waals surface area contributed by atoms with Crippen LogP contribution in [0.1, 0.15) is 48.4 Å². The van der Waals surface area contributed by atoms with Crippen LogP contribution in [0.4, 0.5) is 5.82 Å². The van der Waals surface area contributed by atoms with Crippen molar-refractivity contribution in [3.8, 4) is 11.5 Å². The second-order valence-electron chi connectivity index (χ2n) is 7.52. The zero-order valence-corrected chi connectivity index (χ0v) is 18.1. The Bertz CT molecular complexity index is 948. The van der Waals surface area contributed by atoms with Crippen LogP contribution in [0.15, 0.2) is 72.9 Å². The number of amides is 2. The van der Waals surface area contributed by atoms with Gasteiger partial charge in [-0.1, -0.05) is 6.07 Å². The molecule has 0 bridgehead atoms. The summed E-state index contributed by atoms with van der Waals surface area (Å²) in [6, 6.07) is 18.5. The average Bonchev–Trinajstić information content (AvgIpc) is 2.75. The number of nitrogens with zero attached hydrogens (tertiary/aromatic N) is 2. The van der Waals surface area contributed by atoms with E-state index in [1.54, 1.807) is 72.9 Å². The number of ether oxygens (including phenoxy) is 2. The number of carbonyl (C=O) groups excluding carboxylic acids is 2. The molecule has 0 saturated carbocycles. The molecular weight excluding hydrogens is 392 g/mol. The van der Waals surface area contributed by atoms with Crippen LogP contribution in [-0.2, 0) is 0 Å². The smallest absolute Gasteiger partial charge is 0.266 e. The molecule has 0 fully saturated rings. The van der Waals surface area contributed by atoms with Crippen molar-refractivity contribution >= 4 is 17.6 Å². The van der Waals surface area contributed by atoms with Crippen LogP contribution < -0.4 is 14.4 Å². The van der Waals surface area contributed by atoms with Gasteiger partial charge in [-0.2, -0.15) is 0 Å².